The molecule has 0 aliphatic heterocycles. The SMILES string of the molecule is CCN(C(=O)CCS(C)(=O)=O)c1sc(-c2cccnc2)nc1Cl. The molecule has 23 heavy (non-hydrogen) atoms. The molecule has 0 spiro atoms. The Morgan fingerprint density at radius 2 is 2.17 bits per heavy atom. The first-order valence-electron chi connectivity index (χ1n) is 6.86. The van der Waals surface area contributed by atoms with Crippen LogP contribution in [0.2, 0.25) is 5.15 Å². The van der Waals surface area contributed by atoms with Gasteiger partial charge in [0.15, 0.2) is 5.15 Å². The van der Waals surface area contributed by atoms with Crippen LogP contribution >= 0.6 is 22.9 Å². The number of anilines is 1. The van der Waals surface area contributed by atoms with Gasteiger partial charge in [0.05, 0.1) is 5.75 Å². The standard InChI is InChI=1S/C14H16ClN3O3S2/c1-3-18(11(19)6-8-23(2,20)21)14-12(15)17-13(22-14)10-5-4-7-16-9-10/h4-5,7,9H,3,6,8H2,1-2H3. The predicted molar refractivity (Wildman–Crippen MR) is 92.7 cm³/mol. The maximum Gasteiger partial charge on any atom is 0.228 e. The predicted octanol–water partition coefficient (Wildman–Crippen LogP) is 2.65. The molecular weight excluding hydrogens is 358 g/mol. The second kappa shape index (κ2) is 7.37. The van der Waals surface area contributed by atoms with Gasteiger partial charge in [0.2, 0.25) is 5.91 Å². The number of aromatic nitrogens is 2. The first-order valence-corrected chi connectivity index (χ1v) is 10.1. The smallest absolute Gasteiger partial charge is 0.228 e. The molecule has 124 valence electrons. The van der Waals surface area contributed by atoms with Crippen LogP contribution in [0.3, 0.4) is 0 Å². The van der Waals surface area contributed by atoms with E-state index in [1.54, 1.807) is 25.4 Å². The van der Waals surface area contributed by atoms with Gasteiger partial charge < -0.3 is 4.90 Å². The molecule has 0 N–H and O–H groups in total. The first kappa shape index (κ1) is 17.8. The minimum absolute atomic E-state index is 0.0802. The van der Waals surface area contributed by atoms with E-state index >= 15 is 0 Å². The molecule has 0 aliphatic rings. The van der Waals surface area contributed by atoms with Crippen LogP contribution in [0.1, 0.15) is 13.3 Å². The second-order valence-corrected chi connectivity index (χ2v) is 8.47. The number of amides is 1. The lowest BCUT2D eigenvalue weighted by molar-refractivity contribution is -0.118. The van der Waals surface area contributed by atoms with Gasteiger partial charge in [0, 0.05) is 37.2 Å². The van der Waals surface area contributed by atoms with Crippen LogP contribution in [0.4, 0.5) is 5.00 Å². The molecule has 0 radical (unpaired) electrons. The Kier molecular flexibility index (Phi) is 5.72. The minimum Gasteiger partial charge on any atom is -0.301 e. The number of hydrogen-bond donors (Lipinski definition) is 0. The Balaban J connectivity index is 2.25. The molecule has 0 aliphatic carbocycles. The maximum absolute atomic E-state index is 12.3. The molecule has 2 rings (SSSR count). The van der Waals surface area contributed by atoms with E-state index in [9.17, 15) is 13.2 Å². The molecule has 9 heteroatoms. The van der Waals surface area contributed by atoms with E-state index in [4.69, 9.17) is 11.6 Å². The van der Waals surface area contributed by atoms with Gasteiger partial charge >= 0.3 is 0 Å². The highest BCUT2D eigenvalue weighted by Gasteiger charge is 2.22. The largest absolute Gasteiger partial charge is 0.301 e. The lowest BCUT2D eigenvalue weighted by atomic mass is 10.3. The average Bonchev–Trinajstić information content (AvgIpc) is 2.88. The molecule has 2 aromatic rings. The van der Waals surface area contributed by atoms with Gasteiger partial charge in [-0.15, -0.1) is 0 Å². The van der Waals surface area contributed by atoms with Gasteiger partial charge in [-0.25, -0.2) is 13.4 Å². The summed E-state index contributed by atoms with van der Waals surface area (Å²) in [6.45, 7) is 2.19. The van der Waals surface area contributed by atoms with Crippen molar-refractivity contribution in [3.63, 3.8) is 0 Å². The van der Waals surface area contributed by atoms with Gasteiger partial charge in [0.1, 0.15) is 19.8 Å². The third-order valence-corrected chi connectivity index (χ3v) is 5.48. The summed E-state index contributed by atoms with van der Waals surface area (Å²) in [5.41, 5.74) is 0.810. The zero-order valence-corrected chi connectivity index (χ0v) is 15.1. The first-order chi connectivity index (χ1) is 10.8. The van der Waals surface area contributed by atoms with Crippen LogP contribution in [0.5, 0.6) is 0 Å². The van der Waals surface area contributed by atoms with Gasteiger partial charge in [0.25, 0.3) is 0 Å². The van der Waals surface area contributed by atoms with Crippen molar-refractivity contribution >= 4 is 43.7 Å². The number of pyridine rings is 1. The fraction of sp³-hybridized carbons (Fsp3) is 0.357. The van der Waals surface area contributed by atoms with Crippen molar-refractivity contribution in [2.75, 3.05) is 23.5 Å². The fourth-order valence-corrected chi connectivity index (χ4v) is 3.84. The molecular formula is C14H16ClN3O3S2. The van der Waals surface area contributed by atoms with E-state index in [1.807, 2.05) is 6.07 Å². The number of carbonyl (C=O) groups excluding carboxylic acids is 1. The summed E-state index contributed by atoms with van der Waals surface area (Å²) in [6, 6.07) is 3.65. The van der Waals surface area contributed by atoms with E-state index in [2.05, 4.69) is 9.97 Å². The number of sulfone groups is 1. The van der Waals surface area contributed by atoms with Crippen LogP contribution < -0.4 is 4.90 Å². The van der Waals surface area contributed by atoms with E-state index in [0.29, 0.717) is 16.6 Å². The highest BCUT2D eigenvalue weighted by atomic mass is 35.5. The van der Waals surface area contributed by atoms with Gasteiger partial charge in [-0.1, -0.05) is 22.9 Å². The average molecular weight is 374 g/mol. The molecule has 0 saturated carbocycles. The highest BCUT2D eigenvalue weighted by Crippen LogP contribution is 2.37. The number of rotatable bonds is 6. The van der Waals surface area contributed by atoms with Crippen molar-refractivity contribution in [2.24, 2.45) is 0 Å². The lowest BCUT2D eigenvalue weighted by Gasteiger charge is -2.18. The maximum atomic E-state index is 12.3. The number of halogens is 1. The van der Waals surface area contributed by atoms with Crippen molar-refractivity contribution in [3.05, 3.63) is 29.7 Å². The zero-order valence-electron chi connectivity index (χ0n) is 12.7. The van der Waals surface area contributed by atoms with Crippen LogP contribution in [0, 0.1) is 0 Å². The summed E-state index contributed by atoms with van der Waals surface area (Å²) in [7, 11) is -3.19. The third-order valence-electron chi connectivity index (χ3n) is 3.03. The van der Waals surface area contributed by atoms with Crippen molar-refractivity contribution in [1.82, 2.24) is 9.97 Å². The van der Waals surface area contributed by atoms with Crippen LogP contribution in [0.15, 0.2) is 24.5 Å². The summed E-state index contributed by atoms with van der Waals surface area (Å²) < 4.78 is 22.5. The molecule has 0 atom stereocenters. The zero-order chi connectivity index (χ0) is 17.0. The molecule has 0 unspecified atom stereocenters. The monoisotopic (exact) mass is 373 g/mol. The third kappa shape index (κ3) is 4.73. The molecule has 6 nitrogen and oxygen atoms in total. The molecule has 0 bridgehead atoms. The van der Waals surface area contributed by atoms with E-state index in [1.165, 1.54) is 16.2 Å². The summed E-state index contributed by atoms with van der Waals surface area (Å²) >= 11 is 7.45. The fourth-order valence-electron chi connectivity index (χ4n) is 1.91. The topological polar surface area (TPSA) is 80.2 Å². The summed E-state index contributed by atoms with van der Waals surface area (Å²) in [5, 5.41) is 1.40. The number of hydrogen-bond acceptors (Lipinski definition) is 6. The van der Waals surface area contributed by atoms with Crippen LogP contribution in [0.25, 0.3) is 10.6 Å². The normalized spacial score (nSPS) is 11.4. The molecule has 0 saturated heterocycles. The number of carbonyl (C=O) groups is 1. The Morgan fingerprint density at radius 1 is 1.43 bits per heavy atom. The van der Waals surface area contributed by atoms with Crippen molar-refractivity contribution in [3.8, 4) is 10.6 Å². The van der Waals surface area contributed by atoms with Crippen molar-refractivity contribution < 1.29 is 13.2 Å². The van der Waals surface area contributed by atoms with Crippen LogP contribution in [-0.2, 0) is 14.6 Å². The Hall–Kier alpha value is -1.51. The van der Waals surface area contributed by atoms with E-state index < -0.39 is 9.84 Å². The lowest BCUT2D eigenvalue weighted by Crippen LogP contribution is -2.31. The van der Waals surface area contributed by atoms with Crippen LogP contribution in [-0.4, -0.2) is 42.8 Å². The molecule has 2 heterocycles. The molecule has 0 aromatic carbocycles. The number of nitrogens with zero attached hydrogens (tertiary/aromatic N) is 3. The minimum atomic E-state index is -3.19. The van der Waals surface area contributed by atoms with Gasteiger partial charge in [-0.3, -0.25) is 9.78 Å². The van der Waals surface area contributed by atoms with E-state index in [0.717, 1.165) is 11.8 Å². The summed E-state index contributed by atoms with van der Waals surface area (Å²) in [4.78, 5) is 22.1. The quantitative estimate of drug-likeness (QED) is 0.777. The van der Waals surface area contributed by atoms with Crippen molar-refractivity contribution in [1.29, 1.82) is 0 Å². The second-order valence-electron chi connectivity index (χ2n) is 4.87. The number of thiazole rings is 1. The highest BCUT2D eigenvalue weighted by molar-refractivity contribution is 7.90. The van der Waals surface area contributed by atoms with Gasteiger partial charge in [-0.2, -0.15) is 0 Å². The Labute approximate surface area is 144 Å². The molecule has 0 fully saturated rings. The van der Waals surface area contributed by atoms with E-state index in [-0.39, 0.29) is 23.2 Å². The van der Waals surface area contributed by atoms with Gasteiger partial charge in [-0.05, 0) is 19.1 Å². The van der Waals surface area contributed by atoms with Crippen molar-refractivity contribution in [2.45, 2.75) is 13.3 Å². The molecule has 1 amide bonds. The summed E-state index contributed by atoms with van der Waals surface area (Å²) in [5.74, 6) is -0.477. The Bertz CT molecular complexity index is 791. The summed E-state index contributed by atoms with van der Waals surface area (Å²) in [6.07, 6.45) is 4.35. The molecule has 2 aromatic heterocycles. The Morgan fingerprint density at radius 3 is 2.74 bits per heavy atom.